The molecule has 4 heteroatoms. The van der Waals surface area contributed by atoms with Gasteiger partial charge < -0.3 is 10.3 Å². The van der Waals surface area contributed by atoms with Crippen molar-refractivity contribution in [2.24, 2.45) is 11.7 Å². The number of hydrogen-bond acceptors (Lipinski definition) is 4. The normalized spacial score (nSPS) is 29.5. The smallest absolute Gasteiger partial charge is 0.230 e. The van der Waals surface area contributed by atoms with Crippen LogP contribution in [0.3, 0.4) is 0 Å². The Balaban J connectivity index is 1.72. The first-order valence-electron chi connectivity index (χ1n) is 7.92. The largest absolute Gasteiger partial charge is 0.339 e. The number of nitrogens with two attached hydrogens (primary N) is 1. The van der Waals surface area contributed by atoms with Gasteiger partial charge in [-0.25, -0.2) is 0 Å². The summed E-state index contributed by atoms with van der Waals surface area (Å²) in [6.45, 7) is 0.742. The van der Waals surface area contributed by atoms with Crippen LogP contribution >= 0.6 is 0 Å². The Morgan fingerprint density at radius 1 is 1.00 bits per heavy atom. The van der Waals surface area contributed by atoms with E-state index in [0.717, 1.165) is 24.7 Å². The molecule has 0 aliphatic heterocycles. The van der Waals surface area contributed by atoms with Crippen LogP contribution in [0.15, 0.2) is 4.52 Å². The number of rotatable bonds is 3. The average molecular weight is 263 g/mol. The summed E-state index contributed by atoms with van der Waals surface area (Å²) in [4.78, 5) is 4.72. The first kappa shape index (κ1) is 13.1. The van der Waals surface area contributed by atoms with E-state index in [1.165, 1.54) is 51.4 Å². The van der Waals surface area contributed by atoms with Crippen LogP contribution in [0.5, 0.6) is 0 Å². The summed E-state index contributed by atoms with van der Waals surface area (Å²) >= 11 is 0. The maximum absolute atomic E-state index is 5.89. The van der Waals surface area contributed by atoms with Gasteiger partial charge in [-0.05, 0) is 38.1 Å². The van der Waals surface area contributed by atoms with E-state index in [-0.39, 0.29) is 0 Å². The third kappa shape index (κ3) is 2.83. The standard InChI is InChI=1S/C15H25N3O/c16-10-12-8-4-5-9-13(12)15-17-14(18-19-15)11-6-2-1-3-7-11/h11-13H,1-10,16H2. The van der Waals surface area contributed by atoms with Crippen molar-refractivity contribution in [1.29, 1.82) is 0 Å². The van der Waals surface area contributed by atoms with Crippen molar-refractivity contribution in [1.82, 2.24) is 10.1 Å². The maximum atomic E-state index is 5.89. The summed E-state index contributed by atoms with van der Waals surface area (Å²) in [5.41, 5.74) is 5.89. The highest BCUT2D eigenvalue weighted by atomic mass is 16.5. The van der Waals surface area contributed by atoms with Gasteiger partial charge in [-0.15, -0.1) is 0 Å². The fourth-order valence-corrected chi connectivity index (χ4v) is 3.74. The summed E-state index contributed by atoms with van der Waals surface area (Å²) in [6.07, 6.45) is 11.4. The van der Waals surface area contributed by atoms with E-state index >= 15 is 0 Å². The lowest BCUT2D eigenvalue weighted by molar-refractivity contribution is 0.248. The van der Waals surface area contributed by atoms with Gasteiger partial charge in [0.25, 0.3) is 0 Å². The summed E-state index contributed by atoms with van der Waals surface area (Å²) in [7, 11) is 0. The molecule has 4 nitrogen and oxygen atoms in total. The van der Waals surface area contributed by atoms with Gasteiger partial charge in [0.2, 0.25) is 5.89 Å². The molecule has 2 atom stereocenters. The number of hydrogen-bond donors (Lipinski definition) is 1. The Labute approximate surface area is 115 Å². The summed E-state index contributed by atoms with van der Waals surface area (Å²) in [5.74, 6) is 3.29. The zero-order valence-corrected chi connectivity index (χ0v) is 11.7. The fraction of sp³-hybridized carbons (Fsp3) is 0.867. The van der Waals surface area contributed by atoms with E-state index in [1.807, 2.05) is 0 Å². The lowest BCUT2D eigenvalue weighted by atomic mass is 9.79. The van der Waals surface area contributed by atoms with Crippen molar-refractivity contribution in [3.8, 4) is 0 Å². The molecule has 2 fully saturated rings. The molecule has 2 saturated carbocycles. The third-order valence-electron chi connectivity index (χ3n) is 4.96. The van der Waals surface area contributed by atoms with Crippen LogP contribution in [0.1, 0.15) is 81.3 Å². The molecule has 106 valence electrons. The predicted molar refractivity (Wildman–Crippen MR) is 73.9 cm³/mol. The van der Waals surface area contributed by atoms with Crippen LogP contribution in [0, 0.1) is 5.92 Å². The van der Waals surface area contributed by atoms with Crippen LogP contribution in [-0.4, -0.2) is 16.7 Å². The monoisotopic (exact) mass is 263 g/mol. The first-order chi connectivity index (χ1) is 9.38. The second-order valence-corrected chi connectivity index (χ2v) is 6.21. The molecule has 0 spiro atoms. The highest BCUT2D eigenvalue weighted by Gasteiger charge is 2.31. The van der Waals surface area contributed by atoms with E-state index < -0.39 is 0 Å². The van der Waals surface area contributed by atoms with Crippen molar-refractivity contribution in [2.75, 3.05) is 6.54 Å². The zero-order chi connectivity index (χ0) is 13.1. The minimum Gasteiger partial charge on any atom is -0.339 e. The fourth-order valence-electron chi connectivity index (χ4n) is 3.74. The lowest BCUT2D eigenvalue weighted by Gasteiger charge is -2.27. The number of aromatic nitrogens is 2. The molecule has 2 unspecified atom stereocenters. The van der Waals surface area contributed by atoms with Crippen LogP contribution < -0.4 is 5.73 Å². The molecule has 2 aliphatic carbocycles. The molecule has 0 bridgehead atoms. The molecule has 19 heavy (non-hydrogen) atoms. The molecule has 0 aromatic carbocycles. The van der Waals surface area contributed by atoms with E-state index in [4.69, 9.17) is 15.2 Å². The minimum absolute atomic E-state index is 0.406. The van der Waals surface area contributed by atoms with Gasteiger partial charge in [0, 0.05) is 11.8 Å². The summed E-state index contributed by atoms with van der Waals surface area (Å²) in [5, 5.41) is 4.26. The van der Waals surface area contributed by atoms with Crippen molar-refractivity contribution in [3.63, 3.8) is 0 Å². The molecule has 1 aromatic rings. The van der Waals surface area contributed by atoms with Gasteiger partial charge in [-0.2, -0.15) is 4.98 Å². The molecule has 2 aliphatic rings. The Morgan fingerprint density at radius 2 is 1.74 bits per heavy atom. The average Bonchev–Trinajstić information content (AvgIpc) is 2.98. The molecule has 0 amide bonds. The van der Waals surface area contributed by atoms with Crippen molar-refractivity contribution >= 4 is 0 Å². The quantitative estimate of drug-likeness (QED) is 0.908. The van der Waals surface area contributed by atoms with Crippen molar-refractivity contribution in [3.05, 3.63) is 11.7 Å². The Kier molecular flexibility index (Phi) is 4.16. The molecular formula is C15H25N3O. The van der Waals surface area contributed by atoms with E-state index in [0.29, 0.717) is 17.8 Å². The molecule has 0 saturated heterocycles. The SMILES string of the molecule is NCC1CCCCC1c1nc(C2CCCCC2)no1. The second-order valence-electron chi connectivity index (χ2n) is 6.21. The van der Waals surface area contributed by atoms with Gasteiger partial charge in [-0.1, -0.05) is 37.3 Å². The van der Waals surface area contributed by atoms with Crippen molar-refractivity contribution < 1.29 is 4.52 Å². The van der Waals surface area contributed by atoms with Crippen LogP contribution in [0.2, 0.25) is 0 Å². The van der Waals surface area contributed by atoms with Crippen molar-refractivity contribution in [2.45, 2.75) is 69.6 Å². The molecule has 2 N–H and O–H groups in total. The Hall–Kier alpha value is -0.900. The van der Waals surface area contributed by atoms with E-state index in [1.54, 1.807) is 0 Å². The summed E-state index contributed by atoms with van der Waals surface area (Å²) < 4.78 is 5.57. The Bertz CT molecular complexity index is 398. The van der Waals surface area contributed by atoms with Gasteiger partial charge in [-0.3, -0.25) is 0 Å². The molecule has 0 radical (unpaired) electrons. The second kappa shape index (κ2) is 6.04. The third-order valence-corrected chi connectivity index (χ3v) is 4.96. The van der Waals surface area contributed by atoms with Gasteiger partial charge in [0.15, 0.2) is 5.82 Å². The topological polar surface area (TPSA) is 64.9 Å². The predicted octanol–water partition coefficient (Wildman–Crippen LogP) is 3.35. The highest BCUT2D eigenvalue weighted by molar-refractivity contribution is 5.03. The van der Waals surface area contributed by atoms with Gasteiger partial charge in [0.05, 0.1) is 0 Å². The van der Waals surface area contributed by atoms with Crippen LogP contribution in [0.4, 0.5) is 0 Å². The minimum atomic E-state index is 0.406. The lowest BCUT2D eigenvalue weighted by Crippen LogP contribution is -2.25. The highest BCUT2D eigenvalue weighted by Crippen LogP contribution is 2.38. The Morgan fingerprint density at radius 3 is 2.53 bits per heavy atom. The van der Waals surface area contributed by atoms with Crippen LogP contribution in [0.25, 0.3) is 0 Å². The van der Waals surface area contributed by atoms with Gasteiger partial charge >= 0.3 is 0 Å². The molecule has 1 heterocycles. The summed E-state index contributed by atoms with van der Waals surface area (Å²) in [6, 6.07) is 0. The molecule has 1 aromatic heterocycles. The zero-order valence-electron chi connectivity index (χ0n) is 11.7. The van der Waals surface area contributed by atoms with E-state index in [2.05, 4.69) is 5.16 Å². The van der Waals surface area contributed by atoms with Gasteiger partial charge in [0.1, 0.15) is 0 Å². The van der Waals surface area contributed by atoms with E-state index in [9.17, 15) is 0 Å². The molecule has 3 rings (SSSR count). The maximum Gasteiger partial charge on any atom is 0.230 e. The first-order valence-corrected chi connectivity index (χ1v) is 7.92. The van der Waals surface area contributed by atoms with Crippen LogP contribution in [-0.2, 0) is 0 Å². The molecular weight excluding hydrogens is 238 g/mol. The number of nitrogens with zero attached hydrogens (tertiary/aromatic N) is 2.